The van der Waals surface area contributed by atoms with Crippen molar-refractivity contribution < 1.29 is 8.42 Å². The van der Waals surface area contributed by atoms with E-state index >= 15 is 0 Å². The fourth-order valence-corrected chi connectivity index (χ4v) is 3.45. The molecule has 4 nitrogen and oxygen atoms in total. The van der Waals surface area contributed by atoms with Crippen molar-refractivity contribution in [2.45, 2.75) is 24.7 Å². The topological polar surface area (TPSA) is 49.4 Å². The van der Waals surface area contributed by atoms with Crippen molar-refractivity contribution in [1.29, 1.82) is 0 Å². The fraction of sp³-hybridized carbons (Fsp3) is 0.538. The monoisotopic (exact) mass is 268 g/mol. The first-order valence-corrected chi connectivity index (χ1v) is 7.80. The maximum atomic E-state index is 12.4. The van der Waals surface area contributed by atoms with Gasteiger partial charge in [0.2, 0.25) is 10.0 Å². The van der Waals surface area contributed by atoms with E-state index in [0.29, 0.717) is 23.9 Å². The molecule has 18 heavy (non-hydrogen) atoms. The van der Waals surface area contributed by atoms with Crippen LogP contribution in [0.1, 0.15) is 19.8 Å². The molecule has 2 rings (SSSR count). The first-order valence-electron chi connectivity index (χ1n) is 6.36. The average Bonchev–Trinajstić information content (AvgIpc) is 3.19. The van der Waals surface area contributed by atoms with E-state index in [1.807, 2.05) is 14.0 Å². The number of anilines is 1. The van der Waals surface area contributed by atoms with Crippen LogP contribution in [0, 0.1) is 5.92 Å². The van der Waals surface area contributed by atoms with E-state index in [0.717, 1.165) is 18.5 Å². The molecule has 1 fully saturated rings. The van der Waals surface area contributed by atoms with Gasteiger partial charge in [-0.2, -0.15) is 4.31 Å². The molecule has 0 aromatic heterocycles. The summed E-state index contributed by atoms with van der Waals surface area (Å²) in [4.78, 5) is 0.379. The molecule has 5 heteroatoms. The van der Waals surface area contributed by atoms with Gasteiger partial charge in [-0.25, -0.2) is 8.42 Å². The summed E-state index contributed by atoms with van der Waals surface area (Å²) in [5.74, 6) is 0.566. The summed E-state index contributed by atoms with van der Waals surface area (Å²) in [5.41, 5.74) is 0.916. The van der Waals surface area contributed by atoms with Gasteiger partial charge in [0.25, 0.3) is 0 Å². The summed E-state index contributed by atoms with van der Waals surface area (Å²) in [5, 5.41) is 2.98. The molecule has 0 saturated heterocycles. The van der Waals surface area contributed by atoms with Crippen LogP contribution in [-0.4, -0.2) is 32.9 Å². The smallest absolute Gasteiger partial charge is 0.243 e. The van der Waals surface area contributed by atoms with Gasteiger partial charge in [0, 0.05) is 25.8 Å². The van der Waals surface area contributed by atoms with Crippen LogP contribution in [0.3, 0.4) is 0 Å². The Hall–Kier alpha value is -1.07. The van der Waals surface area contributed by atoms with Gasteiger partial charge in [0.1, 0.15) is 0 Å². The lowest BCUT2D eigenvalue weighted by Crippen LogP contribution is -2.32. The van der Waals surface area contributed by atoms with Crippen LogP contribution < -0.4 is 5.32 Å². The second-order valence-electron chi connectivity index (χ2n) is 4.67. The van der Waals surface area contributed by atoms with Crippen LogP contribution in [0.25, 0.3) is 0 Å². The van der Waals surface area contributed by atoms with E-state index < -0.39 is 10.0 Å². The lowest BCUT2D eigenvalue weighted by atomic mass is 10.3. The van der Waals surface area contributed by atoms with Gasteiger partial charge in [-0.3, -0.25) is 0 Å². The summed E-state index contributed by atoms with van der Waals surface area (Å²) in [6.45, 7) is 3.08. The van der Waals surface area contributed by atoms with Gasteiger partial charge in [-0.15, -0.1) is 0 Å². The molecule has 1 aromatic carbocycles. The highest BCUT2D eigenvalue weighted by Gasteiger charge is 2.30. The van der Waals surface area contributed by atoms with Gasteiger partial charge in [-0.05, 0) is 43.0 Å². The van der Waals surface area contributed by atoms with E-state index in [1.165, 1.54) is 0 Å². The number of nitrogens with zero attached hydrogens (tertiary/aromatic N) is 1. The summed E-state index contributed by atoms with van der Waals surface area (Å²) in [7, 11) is -1.51. The maximum Gasteiger partial charge on any atom is 0.243 e. The molecule has 1 aromatic rings. The van der Waals surface area contributed by atoms with Crippen LogP contribution >= 0.6 is 0 Å². The van der Waals surface area contributed by atoms with E-state index in [-0.39, 0.29) is 0 Å². The Bertz CT molecular complexity index is 492. The van der Waals surface area contributed by atoms with Crippen LogP contribution in [0.5, 0.6) is 0 Å². The molecule has 0 spiro atoms. The number of sulfonamides is 1. The van der Waals surface area contributed by atoms with Crippen LogP contribution in [0.2, 0.25) is 0 Å². The predicted octanol–water partition coefficient (Wildman–Crippen LogP) is 2.15. The van der Waals surface area contributed by atoms with E-state index in [1.54, 1.807) is 28.6 Å². The third-order valence-electron chi connectivity index (χ3n) is 3.29. The molecular formula is C13H20N2O2S. The quantitative estimate of drug-likeness (QED) is 0.860. The second-order valence-corrected chi connectivity index (χ2v) is 6.61. The number of benzene rings is 1. The minimum Gasteiger partial charge on any atom is -0.388 e. The Morgan fingerprint density at radius 2 is 1.89 bits per heavy atom. The van der Waals surface area contributed by atoms with Gasteiger partial charge in [0.15, 0.2) is 0 Å². The molecule has 0 atom stereocenters. The van der Waals surface area contributed by atoms with Crippen LogP contribution in [0.15, 0.2) is 29.2 Å². The second kappa shape index (κ2) is 5.28. The standard InChI is InChI=1S/C13H20N2O2S/c1-3-15(10-11-4-5-11)18(16,17)13-8-6-12(14-2)7-9-13/h6-9,11,14H,3-5,10H2,1-2H3. The van der Waals surface area contributed by atoms with Gasteiger partial charge in [0.05, 0.1) is 4.90 Å². The van der Waals surface area contributed by atoms with Crippen LogP contribution in [-0.2, 0) is 10.0 Å². The molecular weight excluding hydrogens is 248 g/mol. The predicted molar refractivity (Wildman–Crippen MR) is 73.1 cm³/mol. The van der Waals surface area contributed by atoms with Crippen molar-refractivity contribution >= 4 is 15.7 Å². The Morgan fingerprint density at radius 3 is 2.33 bits per heavy atom. The first-order chi connectivity index (χ1) is 8.57. The van der Waals surface area contributed by atoms with Crippen molar-refractivity contribution in [2.75, 3.05) is 25.5 Å². The van der Waals surface area contributed by atoms with Crippen LogP contribution in [0.4, 0.5) is 5.69 Å². The summed E-state index contributed by atoms with van der Waals surface area (Å²) in [6, 6.07) is 6.91. The summed E-state index contributed by atoms with van der Waals surface area (Å²) >= 11 is 0. The van der Waals surface area contributed by atoms with Gasteiger partial charge in [-0.1, -0.05) is 6.92 Å². The minimum atomic E-state index is -3.33. The average molecular weight is 268 g/mol. The van der Waals surface area contributed by atoms with E-state index in [2.05, 4.69) is 5.32 Å². The van der Waals surface area contributed by atoms with Crippen molar-refractivity contribution in [3.63, 3.8) is 0 Å². The van der Waals surface area contributed by atoms with E-state index in [4.69, 9.17) is 0 Å². The summed E-state index contributed by atoms with van der Waals surface area (Å²) < 4.78 is 26.4. The Labute approximate surface area is 109 Å². The zero-order valence-electron chi connectivity index (χ0n) is 10.9. The largest absolute Gasteiger partial charge is 0.388 e. The van der Waals surface area contributed by atoms with Crippen molar-refractivity contribution in [3.8, 4) is 0 Å². The molecule has 1 aliphatic carbocycles. The Kier molecular flexibility index (Phi) is 3.92. The molecule has 0 bridgehead atoms. The first kappa shape index (κ1) is 13.4. The third-order valence-corrected chi connectivity index (χ3v) is 5.25. The number of nitrogens with one attached hydrogen (secondary N) is 1. The normalized spacial score (nSPS) is 15.9. The number of hydrogen-bond donors (Lipinski definition) is 1. The zero-order chi connectivity index (χ0) is 13.2. The lowest BCUT2D eigenvalue weighted by Gasteiger charge is -2.20. The highest BCUT2D eigenvalue weighted by molar-refractivity contribution is 7.89. The maximum absolute atomic E-state index is 12.4. The van der Waals surface area contributed by atoms with Crippen molar-refractivity contribution in [1.82, 2.24) is 4.31 Å². The molecule has 0 amide bonds. The molecule has 1 aliphatic rings. The van der Waals surface area contributed by atoms with Crippen molar-refractivity contribution in [3.05, 3.63) is 24.3 Å². The highest BCUT2D eigenvalue weighted by Crippen LogP contribution is 2.31. The molecule has 100 valence electrons. The SMILES string of the molecule is CCN(CC1CC1)S(=O)(=O)c1ccc(NC)cc1. The Morgan fingerprint density at radius 1 is 1.28 bits per heavy atom. The number of hydrogen-bond acceptors (Lipinski definition) is 3. The van der Waals surface area contributed by atoms with E-state index in [9.17, 15) is 8.42 Å². The molecule has 0 unspecified atom stereocenters. The molecule has 1 N–H and O–H groups in total. The molecule has 0 aliphatic heterocycles. The fourth-order valence-electron chi connectivity index (χ4n) is 1.93. The zero-order valence-corrected chi connectivity index (χ0v) is 11.7. The third kappa shape index (κ3) is 2.84. The summed E-state index contributed by atoms with van der Waals surface area (Å²) in [6.07, 6.45) is 2.31. The lowest BCUT2D eigenvalue weighted by molar-refractivity contribution is 0.412. The molecule has 1 saturated carbocycles. The van der Waals surface area contributed by atoms with Crippen molar-refractivity contribution in [2.24, 2.45) is 5.92 Å². The Balaban J connectivity index is 2.21. The highest BCUT2D eigenvalue weighted by atomic mass is 32.2. The van der Waals surface area contributed by atoms with Gasteiger partial charge < -0.3 is 5.32 Å². The molecule has 0 radical (unpaired) electrons. The molecule has 0 heterocycles. The van der Waals surface area contributed by atoms with Gasteiger partial charge >= 0.3 is 0 Å². The minimum absolute atomic E-state index is 0.379. The number of rotatable bonds is 6.